The molecule has 2 aromatic rings. The molecule has 0 bridgehead atoms. The Bertz CT molecular complexity index is 546. The summed E-state index contributed by atoms with van der Waals surface area (Å²) < 4.78 is 15.2. The van der Waals surface area contributed by atoms with Crippen LogP contribution in [0.1, 0.15) is 29.8 Å². The number of hydrogen-bond acceptors (Lipinski definition) is 2. The van der Waals surface area contributed by atoms with Gasteiger partial charge >= 0.3 is 0 Å². The summed E-state index contributed by atoms with van der Waals surface area (Å²) >= 11 is 0. The molecule has 1 N–H and O–H groups in total. The molecule has 0 fully saturated rings. The highest BCUT2D eigenvalue weighted by Gasteiger charge is 2.13. The molecule has 0 unspecified atom stereocenters. The topological polar surface area (TPSA) is 38.0 Å². The molecule has 3 nitrogen and oxygen atoms in total. The third-order valence-corrected chi connectivity index (χ3v) is 2.73. The lowest BCUT2D eigenvalue weighted by atomic mass is 10.1. The minimum absolute atomic E-state index is 0.312. The minimum Gasteiger partial charge on any atom is -0.389 e. The maximum Gasteiger partial charge on any atom is 0.126 e. The van der Waals surface area contributed by atoms with Gasteiger partial charge in [0.15, 0.2) is 0 Å². The summed E-state index contributed by atoms with van der Waals surface area (Å²) in [6.07, 6.45) is 1.07. The van der Waals surface area contributed by atoms with Crippen molar-refractivity contribution >= 4 is 0 Å². The first-order valence-corrected chi connectivity index (χ1v) is 5.50. The van der Waals surface area contributed by atoms with E-state index in [9.17, 15) is 9.50 Å². The Hall–Kier alpha value is -1.68. The fourth-order valence-corrected chi connectivity index (χ4v) is 1.76. The van der Waals surface area contributed by atoms with Crippen molar-refractivity contribution in [2.24, 2.45) is 0 Å². The quantitative estimate of drug-likeness (QED) is 0.867. The van der Waals surface area contributed by atoms with E-state index in [4.69, 9.17) is 0 Å². The molecule has 2 rings (SSSR count). The highest BCUT2D eigenvalue weighted by Crippen LogP contribution is 2.24. The Morgan fingerprint density at radius 1 is 1.35 bits per heavy atom. The van der Waals surface area contributed by atoms with Gasteiger partial charge in [0.1, 0.15) is 5.82 Å². The van der Waals surface area contributed by atoms with Crippen molar-refractivity contribution in [3.8, 4) is 5.69 Å². The van der Waals surface area contributed by atoms with Gasteiger partial charge in [-0.3, -0.25) is 0 Å². The lowest BCUT2D eigenvalue weighted by molar-refractivity contribution is 0.198. The third kappa shape index (κ3) is 2.22. The monoisotopic (exact) mass is 234 g/mol. The Kier molecular flexibility index (Phi) is 2.98. The standard InChI is InChI=1S/C13H15FN2O/c1-8-6-13(16-5-4-9(2)15-16)11(10(3)17)7-12(8)14/h4-7,10,17H,1-3H3/t10-/m0/s1. The van der Waals surface area contributed by atoms with E-state index < -0.39 is 6.10 Å². The van der Waals surface area contributed by atoms with E-state index in [1.807, 2.05) is 13.0 Å². The summed E-state index contributed by atoms with van der Waals surface area (Å²) in [6, 6.07) is 4.93. The van der Waals surface area contributed by atoms with Gasteiger partial charge in [-0.1, -0.05) is 0 Å². The molecule has 0 saturated carbocycles. The Morgan fingerprint density at radius 2 is 2.06 bits per heavy atom. The summed E-state index contributed by atoms with van der Waals surface area (Å²) in [5.41, 5.74) is 2.67. The summed E-state index contributed by atoms with van der Waals surface area (Å²) in [5.74, 6) is -0.312. The lowest BCUT2D eigenvalue weighted by Gasteiger charge is -2.13. The van der Waals surface area contributed by atoms with Crippen molar-refractivity contribution in [1.29, 1.82) is 0 Å². The van der Waals surface area contributed by atoms with Crippen LogP contribution in [0.25, 0.3) is 5.69 Å². The molecule has 0 aliphatic carbocycles. The van der Waals surface area contributed by atoms with Crippen molar-refractivity contribution in [2.45, 2.75) is 26.9 Å². The van der Waals surface area contributed by atoms with Crippen molar-refractivity contribution < 1.29 is 9.50 Å². The molecule has 1 heterocycles. The molecule has 0 saturated heterocycles. The van der Waals surface area contributed by atoms with Crippen LogP contribution >= 0.6 is 0 Å². The second-order valence-corrected chi connectivity index (χ2v) is 4.24. The van der Waals surface area contributed by atoms with Crippen LogP contribution in [0.15, 0.2) is 24.4 Å². The SMILES string of the molecule is Cc1ccn(-c2cc(C)c(F)cc2[C@H](C)O)n1. The molecule has 1 aromatic heterocycles. The maximum atomic E-state index is 13.5. The van der Waals surface area contributed by atoms with E-state index >= 15 is 0 Å². The molecule has 0 amide bonds. The molecule has 4 heteroatoms. The number of hydrogen-bond donors (Lipinski definition) is 1. The van der Waals surface area contributed by atoms with Gasteiger partial charge in [-0.25, -0.2) is 9.07 Å². The van der Waals surface area contributed by atoms with E-state index in [0.717, 1.165) is 5.69 Å². The molecule has 0 aliphatic rings. The number of nitrogens with zero attached hydrogens (tertiary/aromatic N) is 2. The average Bonchev–Trinajstić information content (AvgIpc) is 2.68. The van der Waals surface area contributed by atoms with Crippen LogP contribution in [0.4, 0.5) is 4.39 Å². The summed E-state index contributed by atoms with van der Waals surface area (Å²) in [4.78, 5) is 0. The maximum absolute atomic E-state index is 13.5. The zero-order valence-electron chi connectivity index (χ0n) is 10.1. The van der Waals surface area contributed by atoms with E-state index in [-0.39, 0.29) is 5.82 Å². The van der Waals surface area contributed by atoms with Gasteiger partial charge < -0.3 is 5.11 Å². The lowest BCUT2D eigenvalue weighted by Crippen LogP contribution is -2.05. The molecule has 1 atom stereocenters. The van der Waals surface area contributed by atoms with Crippen molar-refractivity contribution in [2.75, 3.05) is 0 Å². The van der Waals surface area contributed by atoms with Crippen molar-refractivity contribution in [1.82, 2.24) is 9.78 Å². The van der Waals surface area contributed by atoms with E-state index in [0.29, 0.717) is 16.8 Å². The normalized spacial score (nSPS) is 12.8. The molecule has 90 valence electrons. The number of aliphatic hydroxyl groups is 1. The Balaban J connectivity index is 2.63. The van der Waals surface area contributed by atoms with E-state index in [2.05, 4.69) is 5.10 Å². The van der Waals surface area contributed by atoms with Crippen LogP contribution in [0.2, 0.25) is 0 Å². The first-order chi connectivity index (χ1) is 7.99. The number of aryl methyl sites for hydroxylation is 2. The molecular weight excluding hydrogens is 219 g/mol. The molecule has 0 radical (unpaired) electrons. The van der Waals surface area contributed by atoms with Gasteiger partial charge in [-0.05, 0) is 44.5 Å². The Morgan fingerprint density at radius 3 is 2.59 bits per heavy atom. The third-order valence-electron chi connectivity index (χ3n) is 2.73. The summed E-state index contributed by atoms with van der Waals surface area (Å²) in [5, 5.41) is 14.0. The van der Waals surface area contributed by atoms with Crippen LogP contribution in [-0.4, -0.2) is 14.9 Å². The number of aromatic nitrogens is 2. The minimum atomic E-state index is -0.732. The smallest absolute Gasteiger partial charge is 0.126 e. The molecular formula is C13H15FN2O. The number of benzene rings is 1. The number of rotatable bonds is 2. The van der Waals surface area contributed by atoms with Crippen LogP contribution < -0.4 is 0 Å². The summed E-state index contributed by atoms with van der Waals surface area (Å²) in [6.45, 7) is 5.19. The van der Waals surface area contributed by atoms with Crippen LogP contribution in [-0.2, 0) is 0 Å². The van der Waals surface area contributed by atoms with Gasteiger partial charge in [0.2, 0.25) is 0 Å². The molecule has 17 heavy (non-hydrogen) atoms. The first kappa shape index (κ1) is 11.8. The zero-order valence-corrected chi connectivity index (χ0v) is 10.1. The average molecular weight is 234 g/mol. The molecule has 1 aromatic carbocycles. The van der Waals surface area contributed by atoms with Crippen LogP contribution in [0.3, 0.4) is 0 Å². The first-order valence-electron chi connectivity index (χ1n) is 5.50. The fourth-order valence-electron chi connectivity index (χ4n) is 1.76. The van der Waals surface area contributed by atoms with E-state index in [1.54, 1.807) is 30.8 Å². The van der Waals surface area contributed by atoms with Crippen LogP contribution in [0.5, 0.6) is 0 Å². The van der Waals surface area contributed by atoms with E-state index in [1.165, 1.54) is 6.07 Å². The predicted octanol–water partition coefficient (Wildman–Crippen LogP) is 2.68. The second-order valence-electron chi connectivity index (χ2n) is 4.24. The van der Waals surface area contributed by atoms with Gasteiger partial charge in [0.05, 0.1) is 17.5 Å². The van der Waals surface area contributed by atoms with Crippen molar-refractivity contribution in [3.05, 3.63) is 47.0 Å². The largest absolute Gasteiger partial charge is 0.389 e. The van der Waals surface area contributed by atoms with Gasteiger partial charge in [0, 0.05) is 11.8 Å². The highest BCUT2D eigenvalue weighted by molar-refractivity contribution is 5.45. The Labute approximate surface area is 99.5 Å². The van der Waals surface area contributed by atoms with Crippen molar-refractivity contribution in [3.63, 3.8) is 0 Å². The molecule has 0 spiro atoms. The second kappa shape index (κ2) is 4.30. The fraction of sp³-hybridized carbons (Fsp3) is 0.308. The summed E-state index contributed by atoms with van der Waals surface area (Å²) in [7, 11) is 0. The van der Waals surface area contributed by atoms with Crippen LogP contribution in [0, 0.1) is 19.7 Å². The van der Waals surface area contributed by atoms with Gasteiger partial charge in [-0.2, -0.15) is 5.10 Å². The van der Waals surface area contributed by atoms with Gasteiger partial charge in [0.25, 0.3) is 0 Å². The number of halogens is 1. The highest BCUT2D eigenvalue weighted by atomic mass is 19.1. The zero-order chi connectivity index (χ0) is 12.6. The molecule has 0 aliphatic heterocycles. The number of aliphatic hydroxyl groups excluding tert-OH is 1. The predicted molar refractivity (Wildman–Crippen MR) is 63.6 cm³/mol. The van der Waals surface area contributed by atoms with Gasteiger partial charge in [-0.15, -0.1) is 0 Å².